The number of pyridine rings is 1. The molecular formula is C24H29ClFN3O2. The zero-order valence-electron chi connectivity index (χ0n) is 17.6. The van der Waals surface area contributed by atoms with E-state index in [1.54, 1.807) is 6.20 Å². The lowest BCUT2D eigenvalue weighted by molar-refractivity contribution is -0.123. The first-order valence-electron chi connectivity index (χ1n) is 11.0. The Morgan fingerprint density at radius 1 is 1.26 bits per heavy atom. The number of nitrogens with zero attached hydrogens (tertiary/aromatic N) is 1. The van der Waals surface area contributed by atoms with Crippen molar-refractivity contribution >= 4 is 23.1 Å². The third kappa shape index (κ3) is 6.03. The molecular weight excluding hydrogens is 417 g/mol. The third-order valence-corrected chi connectivity index (χ3v) is 6.43. The molecule has 0 saturated carbocycles. The van der Waals surface area contributed by atoms with Crippen LogP contribution < -0.4 is 10.6 Å². The Morgan fingerprint density at radius 2 is 2.10 bits per heavy atom. The number of nitrogens with one attached hydrogen (secondary N) is 2. The third-order valence-electron chi connectivity index (χ3n) is 6.13. The Bertz CT molecular complexity index is 904. The molecule has 2 saturated heterocycles. The Morgan fingerprint density at radius 3 is 2.90 bits per heavy atom. The summed E-state index contributed by atoms with van der Waals surface area (Å²) in [7, 11) is 0. The molecule has 0 bridgehead atoms. The molecule has 0 amide bonds. The van der Waals surface area contributed by atoms with Gasteiger partial charge in [-0.15, -0.1) is 0 Å². The SMILES string of the molecule is O=C(Cc1cc(-c2cccc(NCC3CCOCC3)c2)c(Cl)cn1)[C@@H]1CNC[C@H](F)C1. The number of ketones is 1. The molecule has 2 aliphatic heterocycles. The van der Waals surface area contributed by atoms with Gasteiger partial charge in [-0.05, 0) is 48.9 Å². The van der Waals surface area contributed by atoms with Crippen LogP contribution in [-0.2, 0) is 16.0 Å². The van der Waals surface area contributed by atoms with Crippen molar-refractivity contribution in [1.29, 1.82) is 0 Å². The highest BCUT2D eigenvalue weighted by molar-refractivity contribution is 6.33. The van der Waals surface area contributed by atoms with Crippen molar-refractivity contribution in [2.75, 3.05) is 38.2 Å². The molecule has 3 heterocycles. The van der Waals surface area contributed by atoms with Crippen molar-refractivity contribution in [3.05, 3.63) is 47.2 Å². The molecule has 166 valence electrons. The normalized spacial score (nSPS) is 22.3. The molecule has 2 aliphatic rings. The number of hydrogen-bond acceptors (Lipinski definition) is 5. The lowest BCUT2D eigenvalue weighted by atomic mass is 9.91. The molecule has 1 aromatic carbocycles. The van der Waals surface area contributed by atoms with Crippen LogP contribution in [0.1, 0.15) is 25.0 Å². The molecule has 1 aromatic heterocycles. The molecule has 0 unspecified atom stereocenters. The van der Waals surface area contributed by atoms with Crippen molar-refractivity contribution < 1.29 is 13.9 Å². The average molecular weight is 446 g/mol. The van der Waals surface area contributed by atoms with Gasteiger partial charge in [0.25, 0.3) is 0 Å². The second kappa shape index (κ2) is 10.5. The molecule has 31 heavy (non-hydrogen) atoms. The fraction of sp³-hybridized carbons (Fsp3) is 0.500. The minimum Gasteiger partial charge on any atom is -0.385 e. The maximum absolute atomic E-state index is 13.6. The highest BCUT2D eigenvalue weighted by Crippen LogP contribution is 2.30. The van der Waals surface area contributed by atoms with Crippen LogP contribution in [0.25, 0.3) is 11.1 Å². The van der Waals surface area contributed by atoms with Gasteiger partial charge in [0.05, 0.1) is 5.02 Å². The average Bonchev–Trinajstić information content (AvgIpc) is 2.80. The zero-order chi connectivity index (χ0) is 21.6. The van der Waals surface area contributed by atoms with Crippen LogP contribution in [0.5, 0.6) is 0 Å². The number of piperidine rings is 1. The summed E-state index contributed by atoms with van der Waals surface area (Å²) in [6.45, 7) is 3.45. The van der Waals surface area contributed by atoms with Gasteiger partial charge in [-0.25, -0.2) is 4.39 Å². The minimum atomic E-state index is -0.965. The molecule has 0 radical (unpaired) electrons. The zero-order valence-corrected chi connectivity index (χ0v) is 18.3. The Kier molecular flexibility index (Phi) is 7.54. The lowest BCUT2D eigenvalue weighted by Gasteiger charge is -2.24. The first kappa shape index (κ1) is 22.2. The van der Waals surface area contributed by atoms with Gasteiger partial charge >= 0.3 is 0 Å². The van der Waals surface area contributed by atoms with Gasteiger partial charge in [-0.3, -0.25) is 9.78 Å². The summed E-state index contributed by atoms with van der Waals surface area (Å²) in [5.74, 6) is 0.336. The number of alkyl halides is 1. The number of aromatic nitrogens is 1. The fourth-order valence-electron chi connectivity index (χ4n) is 4.27. The van der Waals surface area contributed by atoms with Crippen LogP contribution in [0.3, 0.4) is 0 Å². The first-order valence-corrected chi connectivity index (χ1v) is 11.4. The number of carbonyl (C=O) groups is 1. The van der Waals surface area contributed by atoms with E-state index in [-0.39, 0.29) is 24.5 Å². The smallest absolute Gasteiger partial charge is 0.143 e. The summed E-state index contributed by atoms with van der Waals surface area (Å²) in [6, 6.07) is 10.0. The van der Waals surface area contributed by atoms with Crippen LogP contribution in [0, 0.1) is 11.8 Å². The molecule has 4 rings (SSSR count). The maximum Gasteiger partial charge on any atom is 0.143 e. The largest absolute Gasteiger partial charge is 0.385 e. The number of anilines is 1. The van der Waals surface area contributed by atoms with E-state index in [2.05, 4.69) is 21.7 Å². The second-order valence-electron chi connectivity index (χ2n) is 8.50. The Balaban J connectivity index is 1.44. The van der Waals surface area contributed by atoms with E-state index in [1.165, 1.54) is 0 Å². The van der Waals surface area contributed by atoms with Gasteiger partial charge < -0.3 is 15.4 Å². The number of Topliss-reactive ketones (excluding diaryl/α,β-unsaturated/α-hetero) is 1. The van der Waals surface area contributed by atoms with E-state index in [1.807, 2.05) is 24.3 Å². The van der Waals surface area contributed by atoms with Gasteiger partial charge in [0.2, 0.25) is 0 Å². The van der Waals surface area contributed by atoms with E-state index in [4.69, 9.17) is 16.3 Å². The standard InChI is InChI=1S/C24H29ClFN3O2/c25-23-15-29-21(11-24(30)18-8-19(26)14-27-13-18)10-22(23)17-2-1-3-20(9-17)28-12-16-4-6-31-7-5-16/h1-3,9-10,15-16,18-19,27-28H,4-8,11-14H2/t18-,19+/m0/s1. The quantitative estimate of drug-likeness (QED) is 0.665. The molecule has 5 nitrogen and oxygen atoms in total. The van der Waals surface area contributed by atoms with Crippen LogP contribution in [0.15, 0.2) is 36.5 Å². The van der Waals surface area contributed by atoms with Gasteiger partial charge in [0.15, 0.2) is 0 Å². The van der Waals surface area contributed by atoms with Crippen molar-refractivity contribution in [3.63, 3.8) is 0 Å². The Labute approximate surface area is 187 Å². The van der Waals surface area contributed by atoms with Crippen LogP contribution >= 0.6 is 11.6 Å². The van der Waals surface area contributed by atoms with Crippen molar-refractivity contribution in [1.82, 2.24) is 10.3 Å². The van der Waals surface area contributed by atoms with Gasteiger partial charge in [0, 0.05) is 68.3 Å². The second-order valence-corrected chi connectivity index (χ2v) is 8.91. The van der Waals surface area contributed by atoms with E-state index in [0.29, 0.717) is 29.7 Å². The highest BCUT2D eigenvalue weighted by atomic mass is 35.5. The highest BCUT2D eigenvalue weighted by Gasteiger charge is 2.27. The van der Waals surface area contributed by atoms with E-state index in [9.17, 15) is 9.18 Å². The number of benzene rings is 1. The molecule has 2 N–H and O–H groups in total. The van der Waals surface area contributed by atoms with Gasteiger partial charge in [0.1, 0.15) is 12.0 Å². The number of halogens is 2. The number of ether oxygens (including phenoxy) is 1. The van der Waals surface area contributed by atoms with Crippen LogP contribution in [-0.4, -0.2) is 49.8 Å². The summed E-state index contributed by atoms with van der Waals surface area (Å²) in [5.41, 5.74) is 3.52. The van der Waals surface area contributed by atoms with Crippen LogP contribution in [0.4, 0.5) is 10.1 Å². The predicted octanol–water partition coefficient (Wildman–Crippen LogP) is 4.30. The maximum atomic E-state index is 13.6. The molecule has 0 spiro atoms. The fourth-order valence-corrected chi connectivity index (χ4v) is 4.48. The van der Waals surface area contributed by atoms with Crippen molar-refractivity contribution in [2.24, 2.45) is 11.8 Å². The summed E-state index contributed by atoms with van der Waals surface area (Å²) < 4.78 is 19.1. The predicted molar refractivity (Wildman–Crippen MR) is 121 cm³/mol. The Hall–Kier alpha value is -2.02. The van der Waals surface area contributed by atoms with Crippen molar-refractivity contribution in [2.45, 2.75) is 31.9 Å². The molecule has 2 atom stereocenters. The topological polar surface area (TPSA) is 63.2 Å². The number of rotatable bonds is 7. The molecule has 7 heteroatoms. The molecule has 2 fully saturated rings. The van der Waals surface area contributed by atoms with E-state index >= 15 is 0 Å². The lowest BCUT2D eigenvalue weighted by Crippen LogP contribution is -2.41. The van der Waals surface area contributed by atoms with Gasteiger partial charge in [-0.1, -0.05) is 23.7 Å². The molecule has 2 aromatic rings. The number of carbonyl (C=O) groups excluding carboxylic acids is 1. The molecule has 0 aliphatic carbocycles. The number of hydrogen-bond donors (Lipinski definition) is 2. The van der Waals surface area contributed by atoms with E-state index < -0.39 is 6.17 Å². The van der Waals surface area contributed by atoms with Crippen LogP contribution in [0.2, 0.25) is 5.02 Å². The van der Waals surface area contributed by atoms with Crippen molar-refractivity contribution in [3.8, 4) is 11.1 Å². The monoisotopic (exact) mass is 445 g/mol. The minimum absolute atomic E-state index is 0.0162. The summed E-state index contributed by atoms with van der Waals surface area (Å²) >= 11 is 6.44. The van der Waals surface area contributed by atoms with Gasteiger partial charge in [-0.2, -0.15) is 0 Å². The van der Waals surface area contributed by atoms with E-state index in [0.717, 1.165) is 49.4 Å². The summed E-state index contributed by atoms with van der Waals surface area (Å²) in [5, 5.41) is 7.06. The summed E-state index contributed by atoms with van der Waals surface area (Å²) in [4.78, 5) is 17.0. The first-order chi connectivity index (χ1) is 15.1. The summed E-state index contributed by atoms with van der Waals surface area (Å²) in [6.07, 6.45) is 3.27.